The second kappa shape index (κ2) is 4.37. The summed E-state index contributed by atoms with van der Waals surface area (Å²) in [4.78, 5) is 10.7. The third kappa shape index (κ3) is 2.67. The van der Waals surface area contributed by atoms with Crippen LogP contribution in [0.4, 0.5) is 14.5 Å². The first-order valence-corrected chi connectivity index (χ1v) is 4.23. The summed E-state index contributed by atoms with van der Waals surface area (Å²) in [5.74, 6) is -1.31. The fourth-order valence-corrected chi connectivity index (χ4v) is 1.18. The standard InChI is InChI=1S/C9H8ClF2NO/c1-5-4-6(10)2-3-7(5)13-9(14)8(11)12/h2-4,8H,1H3,(H,13,14). The van der Waals surface area contributed by atoms with Gasteiger partial charge in [-0.3, -0.25) is 4.79 Å². The van der Waals surface area contributed by atoms with Crippen LogP contribution in [-0.4, -0.2) is 12.3 Å². The van der Waals surface area contributed by atoms with E-state index >= 15 is 0 Å². The van der Waals surface area contributed by atoms with E-state index in [4.69, 9.17) is 11.6 Å². The van der Waals surface area contributed by atoms with Crippen molar-refractivity contribution in [2.75, 3.05) is 5.32 Å². The highest BCUT2D eigenvalue weighted by Gasteiger charge is 2.15. The summed E-state index contributed by atoms with van der Waals surface area (Å²) in [7, 11) is 0. The van der Waals surface area contributed by atoms with E-state index in [1.165, 1.54) is 12.1 Å². The van der Waals surface area contributed by atoms with Crippen LogP contribution in [0.1, 0.15) is 5.56 Å². The number of carbonyl (C=O) groups excluding carboxylic acids is 1. The van der Waals surface area contributed by atoms with Crippen LogP contribution in [0.25, 0.3) is 0 Å². The Labute approximate surface area is 84.9 Å². The number of carbonyl (C=O) groups is 1. The van der Waals surface area contributed by atoms with E-state index in [1.54, 1.807) is 13.0 Å². The Morgan fingerprint density at radius 3 is 2.64 bits per heavy atom. The molecule has 0 aromatic heterocycles. The Balaban J connectivity index is 2.82. The molecule has 0 heterocycles. The van der Waals surface area contributed by atoms with Gasteiger partial charge >= 0.3 is 6.43 Å². The topological polar surface area (TPSA) is 29.1 Å². The quantitative estimate of drug-likeness (QED) is 0.814. The molecule has 1 rings (SSSR count). The number of hydrogen-bond acceptors (Lipinski definition) is 1. The summed E-state index contributed by atoms with van der Waals surface area (Å²) in [6, 6.07) is 4.59. The molecule has 2 nitrogen and oxygen atoms in total. The number of hydrogen-bond donors (Lipinski definition) is 1. The first-order chi connectivity index (χ1) is 6.50. The zero-order chi connectivity index (χ0) is 10.7. The van der Waals surface area contributed by atoms with Gasteiger partial charge in [0, 0.05) is 10.7 Å². The minimum atomic E-state index is -3.01. The smallest absolute Gasteiger partial charge is 0.315 e. The SMILES string of the molecule is Cc1cc(Cl)ccc1NC(=O)C(F)F. The number of aryl methyl sites for hydroxylation is 1. The molecule has 0 aliphatic carbocycles. The maximum atomic E-state index is 11.9. The summed E-state index contributed by atoms with van der Waals surface area (Å²) in [6.07, 6.45) is -3.01. The molecule has 5 heteroatoms. The van der Waals surface area contributed by atoms with Gasteiger partial charge in [0.2, 0.25) is 0 Å². The number of amides is 1. The van der Waals surface area contributed by atoms with Crippen molar-refractivity contribution in [3.63, 3.8) is 0 Å². The number of rotatable bonds is 2. The van der Waals surface area contributed by atoms with Gasteiger partial charge in [-0.2, -0.15) is 8.78 Å². The summed E-state index contributed by atoms with van der Waals surface area (Å²) in [5, 5.41) is 2.59. The van der Waals surface area contributed by atoms with Gasteiger partial charge in [-0.15, -0.1) is 0 Å². The van der Waals surface area contributed by atoms with Gasteiger partial charge in [0.05, 0.1) is 0 Å². The van der Waals surface area contributed by atoms with E-state index in [2.05, 4.69) is 5.32 Å². The van der Waals surface area contributed by atoms with Crippen molar-refractivity contribution in [3.8, 4) is 0 Å². The first kappa shape index (κ1) is 10.9. The molecule has 0 atom stereocenters. The molecule has 0 saturated heterocycles. The highest BCUT2D eigenvalue weighted by Crippen LogP contribution is 2.19. The molecule has 1 aromatic rings. The van der Waals surface area contributed by atoms with Crippen LogP contribution in [0.15, 0.2) is 18.2 Å². The molecule has 0 fully saturated rings. The van der Waals surface area contributed by atoms with Gasteiger partial charge in [0.15, 0.2) is 0 Å². The van der Waals surface area contributed by atoms with Crippen molar-refractivity contribution in [1.29, 1.82) is 0 Å². The van der Waals surface area contributed by atoms with Crippen molar-refractivity contribution in [2.24, 2.45) is 0 Å². The van der Waals surface area contributed by atoms with Gasteiger partial charge in [-0.25, -0.2) is 0 Å². The fraction of sp³-hybridized carbons (Fsp3) is 0.222. The average molecular weight is 220 g/mol. The van der Waals surface area contributed by atoms with Crippen molar-refractivity contribution < 1.29 is 13.6 Å². The molecule has 76 valence electrons. The lowest BCUT2D eigenvalue weighted by Crippen LogP contribution is -2.20. The third-order valence-electron chi connectivity index (χ3n) is 1.64. The van der Waals surface area contributed by atoms with Gasteiger partial charge in [-0.1, -0.05) is 11.6 Å². The molecule has 0 unspecified atom stereocenters. The van der Waals surface area contributed by atoms with Crippen LogP contribution in [0.2, 0.25) is 5.02 Å². The molecule has 0 aliphatic rings. The summed E-state index contributed by atoms with van der Waals surface area (Å²) < 4.78 is 23.8. The number of nitrogens with one attached hydrogen (secondary N) is 1. The Kier molecular flexibility index (Phi) is 3.41. The lowest BCUT2D eigenvalue weighted by molar-refractivity contribution is -0.126. The normalized spacial score (nSPS) is 10.4. The van der Waals surface area contributed by atoms with Crippen LogP contribution >= 0.6 is 11.6 Å². The van der Waals surface area contributed by atoms with Crippen LogP contribution in [0, 0.1) is 6.92 Å². The van der Waals surface area contributed by atoms with E-state index in [0.717, 1.165) is 0 Å². The molecular formula is C9H8ClF2NO. The molecule has 0 bridgehead atoms. The number of anilines is 1. The molecular weight excluding hydrogens is 212 g/mol. The van der Waals surface area contributed by atoms with Gasteiger partial charge < -0.3 is 5.32 Å². The van der Waals surface area contributed by atoms with Crippen LogP contribution in [0.3, 0.4) is 0 Å². The van der Waals surface area contributed by atoms with Crippen LogP contribution in [-0.2, 0) is 4.79 Å². The lowest BCUT2D eigenvalue weighted by Gasteiger charge is -2.07. The van der Waals surface area contributed by atoms with Crippen LogP contribution in [0.5, 0.6) is 0 Å². The predicted molar refractivity (Wildman–Crippen MR) is 50.8 cm³/mol. The average Bonchev–Trinajstić information content (AvgIpc) is 2.09. The number of alkyl halides is 2. The highest BCUT2D eigenvalue weighted by molar-refractivity contribution is 6.30. The number of halogens is 3. The Hall–Kier alpha value is -1.16. The highest BCUT2D eigenvalue weighted by atomic mass is 35.5. The van der Waals surface area contributed by atoms with Crippen molar-refractivity contribution in [3.05, 3.63) is 28.8 Å². The van der Waals surface area contributed by atoms with E-state index in [-0.39, 0.29) is 0 Å². The Morgan fingerprint density at radius 2 is 2.14 bits per heavy atom. The fourth-order valence-electron chi connectivity index (χ4n) is 0.955. The summed E-state index contributed by atoms with van der Waals surface area (Å²) in [5.41, 5.74) is 0.992. The Bertz CT molecular complexity index is 355. The molecule has 0 aliphatic heterocycles. The summed E-state index contributed by atoms with van der Waals surface area (Å²) >= 11 is 5.66. The largest absolute Gasteiger partial charge is 0.321 e. The van der Waals surface area contributed by atoms with Crippen molar-refractivity contribution in [2.45, 2.75) is 13.3 Å². The molecule has 0 spiro atoms. The monoisotopic (exact) mass is 219 g/mol. The molecule has 1 amide bonds. The maximum absolute atomic E-state index is 11.9. The molecule has 0 radical (unpaired) electrons. The maximum Gasteiger partial charge on any atom is 0.315 e. The summed E-state index contributed by atoms with van der Waals surface area (Å²) in [6.45, 7) is 1.67. The second-order valence-corrected chi connectivity index (χ2v) is 3.19. The van der Waals surface area contributed by atoms with E-state index in [1.807, 2.05) is 0 Å². The van der Waals surface area contributed by atoms with Gasteiger partial charge in [0.1, 0.15) is 0 Å². The van der Waals surface area contributed by atoms with E-state index < -0.39 is 12.3 Å². The zero-order valence-corrected chi connectivity index (χ0v) is 8.11. The van der Waals surface area contributed by atoms with Crippen molar-refractivity contribution >= 4 is 23.2 Å². The van der Waals surface area contributed by atoms with E-state index in [0.29, 0.717) is 16.3 Å². The molecule has 1 N–H and O–H groups in total. The Morgan fingerprint density at radius 1 is 1.50 bits per heavy atom. The molecule has 1 aromatic carbocycles. The molecule has 0 saturated carbocycles. The second-order valence-electron chi connectivity index (χ2n) is 2.75. The molecule has 14 heavy (non-hydrogen) atoms. The van der Waals surface area contributed by atoms with E-state index in [9.17, 15) is 13.6 Å². The van der Waals surface area contributed by atoms with Crippen LogP contribution < -0.4 is 5.32 Å². The minimum absolute atomic E-state index is 0.347. The number of benzene rings is 1. The lowest BCUT2D eigenvalue weighted by atomic mass is 10.2. The van der Waals surface area contributed by atoms with Gasteiger partial charge in [-0.05, 0) is 30.7 Å². The first-order valence-electron chi connectivity index (χ1n) is 3.86. The zero-order valence-electron chi connectivity index (χ0n) is 7.35. The third-order valence-corrected chi connectivity index (χ3v) is 1.88. The van der Waals surface area contributed by atoms with Crippen molar-refractivity contribution in [1.82, 2.24) is 0 Å². The van der Waals surface area contributed by atoms with Gasteiger partial charge in [0.25, 0.3) is 5.91 Å². The predicted octanol–water partition coefficient (Wildman–Crippen LogP) is 2.85. The minimum Gasteiger partial charge on any atom is -0.321 e.